The van der Waals surface area contributed by atoms with Crippen LogP contribution in [0, 0.1) is 0 Å². The molecule has 54 heavy (non-hydrogen) atoms. The Bertz CT molecular complexity index is 1190. The molecule has 1 unspecified atom stereocenters. The first-order valence-corrected chi connectivity index (χ1v) is 21.5. The molecule has 0 fully saturated rings. The lowest BCUT2D eigenvalue weighted by molar-refractivity contribution is -0.161. The SMILES string of the molecule is CCCC/C=C/CCCCCCCC(=O)OC[C@@H](COP(=O)(O)OC[C@H](N)C(=O)O)OC(=O)CC/C=C/C/C=C/C/C=C/C/C=C/C/C=C/CCCCC. The molecule has 0 aromatic carbocycles. The standard InChI is InChI=1S/C42H70NO10P/c1-3-5-7-9-11-13-15-16-17-18-19-20-21-22-24-26-28-30-32-34-41(45)53-38(36-51-54(48,49)52-37-39(43)42(46)47)35-50-40(44)33-31-29-27-25-23-14-12-10-8-6-4-2/h10-13,16-17,19-20,22,24,28,30,38-39H,3-9,14-15,18,21,23,25-27,29,31-37,43H2,1-2H3,(H,46,47)(H,48,49)/b12-10+,13-11+,17-16+,20-19+,24-22+,30-28+/t38-,39-/m0/s1. The Balaban J connectivity index is 4.57. The van der Waals surface area contributed by atoms with Gasteiger partial charge in [0.2, 0.25) is 0 Å². The maximum absolute atomic E-state index is 12.5. The summed E-state index contributed by atoms with van der Waals surface area (Å²) in [5, 5.41) is 8.86. The van der Waals surface area contributed by atoms with Gasteiger partial charge < -0.3 is 25.2 Å². The maximum Gasteiger partial charge on any atom is 0.472 e. The molecular formula is C42H70NO10P. The molecule has 0 aliphatic carbocycles. The minimum Gasteiger partial charge on any atom is -0.480 e. The van der Waals surface area contributed by atoms with Gasteiger partial charge in [-0.1, -0.05) is 132 Å². The van der Waals surface area contributed by atoms with Gasteiger partial charge in [0.25, 0.3) is 0 Å². The van der Waals surface area contributed by atoms with E-state index in [1.807, 2.05) is 18.2 Å². The Morgan fingerprint density at radius 1 is 0.574 bits per heavy atom. The number of phosphoric ester groups is 1. The summed E-state index contributed by atoms with van der Waals surface area (Å²) in [6.07, 6.45) is 42.8. The lowest BCUT2D eigenvalue weighted by atomic mass is 10.1. The smallest absolute Gasteiger partial charge is 0.472 e. The summed E-state index contributed by atoms with van der Waals surface area (Å²) < 4.78 is 32.5. The van der Waals surface area contributed by atoms with E-state index in [0.29, 0.717) is 19.3 Å². The van der Waals surface area contributed by atoms with Crippen molar-refractivity contribution in [3.63, 3.8) is 0 Å². The first-order valence-electron chi connectivity index (χ1n) is 20.0. The van der Waals surface area contributed by atoms with Crippen LogP contribution < -0.4 is 5.73 Å². The number of ether oxygens (including phenoxy) is 2. The van der Waals surface area contributed by atoms with Crippen molar-refractivity contribution in [3.05, 3.63) is 72.9 Å². The number of aliphatic carboxylic acids is 1. The van der Waals surface area contributed by atoms with Gasteiger partial charge in [0.05, 0.1) is 13.2 Å². The third-order valence-corrected chi connectivity index (χ3v) is 8.89. The van der Waals surface area contributed by atoms with Gasteiger partial charge >= 0.3 is 25.7 Å². The molecule has 0 amide bonds. The predicted octanol–water partition coefficient (Wildman–Crippen LogP) is 10.2. The van der Waals surface area contributed by atoms with E-state index in [-0.39, 0.29) is 19.4 Å². The zero-order valence-corrected chi connectivity index (χ0v) is 33.9. The Kier molecular flexibility index (Phi) is 34.8. The Labute approximate surface area is 325 Å². The molecule has 0 saturated carbocycles. The van der Waals surface area contributed by atoms with E-state index in [4.69, 9.17) is 24.8 Å². The fourth-order valence-corrected chi connectivity index (χ4v) is 5.51. The molecule has 4 N–H and O–H groups in total. The van der Waals surface area contributed by atoms with Crippen molar-refractivity contribution < 1.29 is 47.5 Å². The van der Waals surface area contributed by atoms with Gasteiger partial charge in [-0.2, -0.15) is 0 Å². The van der Waals surface area contributed by atoms with Crippen molar-refractivity contribution in [3.8, 4) is 0 Å². The van der Waals surface area contributed by atoms with Crippen molar-refractivity contribution in [1.29, 1.82) is 0 Å². The van der Waals surface area contributed by atoms with Crippen molar-refractivity contribution >= 4 is 25.7 Å². The fraction of sp³-hybridized carbons (Fsp3) is 0.643. The summed E-state index contributed by atoms with van der Waals surface area (Å²) in [6, 6.07) is -1.54. The summed E-state index contributed by atoms with van der Waals surface area (Å²) >= 11 is 0. The second-order valence-corrected chi connectivity index (χ2v) is 14.5. The average Bonchev–Trinajstić information content (AvgIpc) is 3.14. The largest absolute Gasteiger partial charge is 0.480 e. The predicted molar refractivity (Wildman–Crippen MR) is 217 cm³/mol. The number of unbranched alkanes of at least 4 members (excludes halogenated alkanes) is 10. The number of esters is 2. The molecule has 0 aliphatic heterocycles. The fourth-order valence-electron chi connectivity index (χ4n) is 4.73. The van der Waals surface area contributed by atoms with Crippen LogP contribution in [0.15, 0.2) is 72.9 Å². The van der Waals surface area contributed by atoms with Crippen LogP contribution in [0.25, 0.3) is 0 Å². The molecule has 0 spiro atoms. The molecule has 0 radical (unpaired) electrons. The first-order chi connectivity index (χ1) is 26.1. The highest BCUT2D eigenvalue weighted by atomic mass is 31.2. The Hall–Kier alpha value is -3.08. The number of phosphoric acid groups is 1. The van der Waals surface area contributed by atoms with E-state index in [1.165, 1.54) is 32.1 Å². The minimum absolute atomic E-state index is 0.0326. The number of hydrogen-bond acceptors (Lipinski definition) is 9. The topological polar surface area (TPSA) is 172 Å². The number of hydrogen-bond donors (Lipinski definition) is 3. The van der Waals surface area contributed by atoms with Crippen LogP contribution in [0.5, 0.6) is 0 Å². The highest BCUT2D eigenvalue weighted by molar-refractivity contribution is 7.47. The molecule has 0 saturated heterocycles. The molecule has 11 nitrogen and oxygen atoms in total. The highest BCUT2D eigenvalue weighted by Gasteiger charge is 2.28. The zero-order valence-electron chi connectivity index (χ0n) is 33.0. The van der Waals surface area contributed by atoms with Crippen LogP contribution in [0.1, 0.15) is 142 Å². The summed E-state index contributed by atoms with van der Waals surface area (Å²) in [7, 11) is -4.74. The molecule has 308 valence electrons. The van der Waals surface area contributed by atoms with Crippen molar-refractivity contribution in [2.45, 2.75) is 154 Å². The number of carboxylic acids is 1. The third kappa shape index (κ3) is 35.9. The number of carbonyl (C=O) groups excluding carboxylic acids is 2. The van der Waals surface area contributed by atoms with E-state index >= 15 is 0 Å². The first kappa shape index (κ1) is 50.9. The van der Waals surface area contributed by atoms with Crippen molar-refractivity contribution in [2.75, 3.05) is 19.8 Å². The zero-order chi connectivity index (χ0) is 40.0. The summed E-state index contributed by atoms with van der Waals surface area (Å²) in [5.41, 5.74) is 5.31. The number of rotatable bonds is 36. The van der Waals surface area contributed by atoms with Gasteiger partial charge in [-0.25, -0.2) is 4.57 Å². The van der Waals surface area contributed by atoms with Crippen LogP contribution in [0.4, 0.5) is 0 Å². The van der Waals surface area contributed by atoms with Crippen LogP contribution in [0.2, 0.25) is 0 Å². The molecule has 0 aromatic rings. The normalized spacial score (nSPS) is 14.6. The average molecular weight is 780 g/mol. The maximum atomic E-state index is 12.5. The van der Waals surface area contributed by atoms with Crippen molar-refractivity contribution in [1.82, 2.24) is 0 Å². The molecule has 3 atom stereocenters. The number of carbonyl (C=O) groups is 3. The molecule has 12 heteroatoms. The van der Waals surface area contributed by atoms with Crippen LogP contribution in [-0.4, -0.2) is 59.9 Å². The van der Waals surface area contributed by atoms with Gasteiger partial charge in [0.15, 0.2) is 6.10 Å². The molecule has 0 aromatic heterocycles. The summed E-state index contributed by atoms with van der Waals surface area (Å²) in [5.74, 6) is -2.51. The molecule has 0 rings (SSSR count). The Morgan fingerprint density at radius 3 is 1.61 bits per heavy atom. The van der Waals surface area contributed by atoms with Crippen LogP contribution in [0.3, 0.4) is 0 Å². The van der Waals surface area contributed by atoms with Gasteiger partial charge in [-0.3, -0.25) is 23.4 Å². The van der Waals surface area contributed by atoms with Crippen LogP contribution in [-0.2, 0) is 37.5 Å². The van der Waals surface area contributed by atoms with E-state index < -0.39 is 51.1 Å². The number of carboxylic acid groups (broad SMARTS) is 1. The van der Waals surface area contributed by atoms with Gasteiger partial charge in [0.1, 0.15) is 12.6 Å². The van der Waals surface area contributed by atoms with E-state index in [1.54, 1.807) is 0 Å². The van der Waals surface area contributed by atoms with E-state index in [2.05, 4.69) is 73.1 Å². The minimum atomic E-state index is -4.74. The van der Waals surface area contributed by atoms with E-state index in [0.717, 1.165) is 64.2 Å². The third-order valence-electron chi connectivity index (χ3n) is 7.94. The van der Waals surface area contributed by atoms with Gasteiger partial charge in [0, 0.05) is 12.8 Å². The van der Waals surface area contributed by atoms with Gasteiger partial charge in [-0.05, 0) is 70.6 Å². The van der Waals surface area contributed by atoms with Crippen LogP contribution >= 0.6 is 7.82 Å². The lowest BCUT2D eigenvalue weighted by Gasteiger charge is -2.20. The molecular weight excluding hydrogens is 709 g/mol. The Morgan fingerprint density at radius 2 is 1.04 bits per heavy atom. The molecule has 0 bridgehead atoms. The summed E-state index contributed by atoms with van der Waals surface area (Å²) in [6.45, 7) is 2.62. The quantitative estimate of drug-likeness (QED) is 0.0239. The van der Waals surface area contributed by atoms with Gasteiger partial charge in [-0.15, -0.1) is 0 Å². The monoisotopic (exact) mass is 779 g/mol. The van der Waals surface area contributed by atoms with E-state index in [9.17, 15) is 23.8 Å². The number of allylic oxidation sites excluding steroid dienone is 12. The highest BCUT2D eigenvalue weighted by Crippen LogP contribution is 2.43. The summed E-state index contributed by atoms with van der Waals surface area (Å²) in [4.78, 5) is 45.7. The second kappa shape index (κ2) is 36.9. The molecule has 0 aliphatic rings. The second-order valence-electron chi connectivity index (χ2n) is 13.1. The number of nitrogens with two attached hydrogens (primary N) is 1. The lowest BCUT2D eigenvalue weighted by Crippen LogP contribution is -2.34. The van der Waals surface area contributed by atoms with Crippen molar-refractivity contribution in [2.24, 2.45) is 5.73 Å². The molecule has 0 heterocycles.